The number of ether oxygens (including phenoxy) is 1. The Morgan fingerprint density at radius 1 is 1.30 bits per heavy atom. The summed E-state index contributed by atoms with van der Waals surface area (Å²) in [4.78, 5) is 14.4. The minimum Gasteiger partial charge on any atom is -0.481 e. The van der Waals surface area contributed by atoms with Crippen LogP contribution in [-0.2, 0) is 4.79 Å². The molecule has 1 fully saturated rings. The molecule has 1 aromatic rings. The second kappa shape index (κ2) is 9.33. The highest BCUT2D eigenvalue weighted by Crippen LogP contribution is 2.24. The first kappa shape index (κ1) is 18.3. The molecular formula is C16H23Cl2N3O2. The molecule has 0 aliphatic carbocycles. The predicted molar refractivity (Wildman–Crippen MR) is 93.5 cm³/mol. The highest BCUT2D eigenvalue weighted by atomic mass is 35.5. The average molecular weight is 360 g/mol. The summed E-state index contributed by atoms with van der Waals surface area (Å²) in [5.41, 5.74) is 0. The van der Waals surface area contributed by atoms with Crippen LogP contribution in [0.2, 0.25) is 10.0 Å². The van der Waals surface area contributed by atoms with Crippen LogP contribution in [0.15, 0.2) is 18.2 Å². The summed E-state index contributed by atoms with van der Waals surface area (Å²) in [5.74, 6) is 0.354. The maximum absolute atomic E-state index is 12.0. The van der Waals surface area contributed by atoms with E-state index in [9.17, 15) is 4.79 Å². The van der Waals surface area contributed by atoms with Crippen LogP contribution in [-0.4, -0.2) is 56.2 Å². The van der Waals surface area contributed by atoms with Crippen LogP contribution in [0.1, 0.15) is 13.3 Å². The lowest BCUT2D eigenvalue weighted by molar-refractivity contribution is -0.127. The number of nitrogens with zero attached hydrogens (tertiary/aromatic N) is 1. The van der Waals surface area contributed by atoms with Gasteiger partial charge in [-0.25, -0.2) is 0 Å². The molecule has 2 rings (SSSR count). The molecule has 7 heteroatoms. The number of carbonyl (C=O) groups is 1. The van der Waals surface area contributed by atoms with Gasteiger partial charge in [-0.1, -0.05) is 23.2 Å². The van der Waals surface area contributed by atoms with Gasteiger partial charge in [0.1, 0.15) is 5.75 Å². The van der Waals surface area contributed by atoms with Crippen LogP contribution < -0.4 is 15.4 Å². The summed E-state index contributed by atoms with van der Waals surface area (Å²) in [6.45, 7) is 7.58. The highest BCUT2D eigenvalue weighted by molar-refractivity contribution is 6.34. The highest BCUT2D eigenvalue weighted by Gasteiger charge is 2.15. The number of carbonyl (C=O) groups excluding carboxylic acids is 1. The van der Waals surface area contributed by atoms with Gasteiger partial charge in [0.05, 0.1) is 0 Å². The maximum Gasteiger partial charge on any atom is 0.260 e. The first-order chi connectivity index (χ1) is 11.0. The number of hydrogen-bond acceptors (Lipinski definition) is 4. The van der Waals surface area contributed by atoms with Crippen molar-refractivity contribution in [3.63, 3.8) is 0 Å². The van der Waals surface area contributed by atoms with E-state index in [1.165, 1.54) is 0 Å². The fourth-order valence-electron chi connectivity index (χ4n) is 2.45. The van der Waals surface area contributed by atoms with E-state index in [0.717, 1.165) is 39.1 Å². The quantitative estimate of drug-likeness (QED) is 0.732. The van der Waals surface area contributed by atoms with Crippen LogP contribution in [0, 0.1) is 0 Å². The molecule has 1 aliphatic heterocycles. The van der Waals surface area contributed by atoms with Gasteiger partial charge in [-0.05, 0) is 38.1 Å². The average Bonchev–Trinajstić information content (AvgIpc) is 2.51. The normalized spacial score (nSPS) is 16.8. The zero-order valence-corrected chi connectivity index (χ0v) is 14.8. The molecule has 1 unspecified atom stereocenters. The van der Waals surface area contributed by atoms with Gasteiger partial charge in [0, 0.05) is 42.8 Å². The SMILES string of the molecule is CC(Oc1cc(Cl)cc(Cl)c1)C(=O)NCCCN1CCNCC1. The minimum atomic E-state index is -0.594. The van der Waals surface area contributed by atoms with Gasteiger partial charge in [-0.3, -0.25) is 4.79 Å². The summed E-state index contributed by atoms with van der Waals surface area (Å²) in [7, 11) is 0. The van der Waals surface area contributed by atoms with Crippen molar-refractivity contribution < 1.29 is 9.53 Å². The second-order valence-corrected chi connectivity index (χ2v) is 6.47. The van der Waals surface area contributed by atoms with Crippen LogP contribution in [0.25, 0.3) is 0 Å². The number of hydrogen-bond donors (Lipinski definition) is 2. The summed E-state index contributed by atoms with van der Waals surface area (Å²) in [6.07, 6.45) is 0.338. The number of amides is 1. The molecule has 0 spiro atoms. The van der Waals surface area contributed by atoms with Gasteiger partial charge in [0.15, 0.2) is 6.10 Å². The lowest BCUT2D eigenvalue weighted by Gasteiger charge is -2.27. The van der Waals surface area contributed by atoms with E-state index in [-0.39, 0.29) is 5.91 Å². The summed E-state index contributed by atoms with van der Waals surface area (Å²) in [5, 5.41) is 7.19. The lowest BCUT2D eigenvalue weighted by Crippen LogP contribution is -2.44. The summed E-state index contributed by atoms with van der Waals surface area (Å²) < 4.78 is 5.59. The Kier molecular flexibility index (Phi) is 7.43. The topological polar surface area (TPSA) is 53.6 Å². The molecule has 1 amide bonds. The zero-order valence-electron chi connectivity index (χ0n) is 13.3. The van der Waals surface area contributed by atoms with Gasteiger partial charge in [0.25, 0.3) is 5.91 Å². The monoisotopic (exact) mass is 359 g/mol. The van der Waals surface area contributed by atoms with E-state index < -0.39 is 6.10 Å². The third kappa shape index (κ3) is 6.55. The van der Waals surface area contributed by atoms with Crippen molar-refractivity contribution in [1.29, 1.82) is 0 Å². The molecule has 1 heterocycles. The van der Waals surface area contributed by atoms with Gasteiger partial charge in [-0.2, -0.15) is 0 Å². The lowest BCUT2D eigenvalue weighted by atomic mass is 10.3. The second-order valence-electron chi connectivity index (χ2n) is 5.60. The molecule has 2 N–H and O–H groups in total. The number of benzene rings is 1. The van der Waals surface area contributed by atoms with Crippen molar-refractivity contribution in [1.82, 2.24) is 15.5 Å². The van der Waals surface area contributed by atoms with Crippen LogP contribution in [0.4, 0.5) is 0 Å². The largest absolute Gasteiger partial charge is 0.481 e. The Morgan fingerprint density at radius 3 is 2.61 bits per heavy atom. The third-order valence-corrected chi connectivity index (χ3v) is 4.11. The van der Waals surface area contributed by atoms with Crippen molar-refractivity contribution in [2.24, 2.45) is 0 Å². The molecule has 1 aromatic carbocycles. The van der Waals surface area contributed by atoms with Crippen LogP contribution >= 0.6 is 23.2 Å². The van der Waals surface area contributed by atoms with E-state index in [1.807, 2.05) is 0 Å². The minimum absolute atomic E-state index is 0.138. The number of nitrogens with one attached hydrogen (secondary N) is 2. The Hall–Kier alpha value is -1.01. The van der Waals surface area contributed by atoms with E-state index in [2.05, 4.69) is 15.5 Å². The van der Waals surface area contributed by atoms with Gasteiger partial charge >= 0.3 is 0 Å². The van der Waals surface area contributed by atoms with Crippen LogP contribution in [0.5, 0.6) is 5.75 Å². The molecule has 0 radical (unpaired) electrons. The molecule has 0 saturated carbocycles. The van der Waals surface area contributed by atoms with Crippen molar-refractivity contribution in [2.75, 3.05) is 39.3 Å². The van der Waals surface area contributed by atoms with Crippen LogP contribution in [0.3, 0.4) is 0 Å². The molecule has 1 saturated heterocycles. The molecule has 128 valence electrons. The van der Waals surface area contributed by atoms with E-state index in [0.29, 0.717) is 22.3 Å². The predicted octanol–water partition coefficient (Wildman–Crippen LogP) is 2.17. The number of rotatable bonds is 7. The van der Waals surface area contributed by atoms with Gasteiger partial charge in [0.2, 0.25) is 0 Å². The summed E-state index contributed by atoms with van der Waals surface area (Å²) in [6, 6.07) is 4.90. The first-order valence-corrected chi connectivity index (χ1v) is 8.64. The fourth-order valence-corrected chi connectivity index (χ4v) is 2.95. The third-order valence-electron chi connectivity index (χ3n) is 3.68. The van der Waals surface area contributed by atoms with Crippen molar-refractivity contribution in [2.45, 2.75) is 19.4 Å². The molecule has 1 aliphatic rings. The first-order valence-electron chi connectivity index (χ1n) is 7.88. The molecule has 0 aromatic heterocycles. The van der Waals surface area contributed by atoms with Gasteiger partial charge < -0.3 is 20.3 Å². The molecule has 0 bridgehead atoms. The summed E-state index contributed by atoms with van der Waals surface area (Å²) >= 11 is 11.8. The molecule has 23 heavy (non-hydrogen) atoms. The van der Waals surface area contributed by atoms with Gasteiger partial charge in [-0.15, -0.1) is 0 Å². The smallest absolute Gasteiger partial charge is 0.260 e. The number of piperazine rings is 1. The fraction of sp³-hybridized carbons (Fsp3) is 0.562. The Labute approximate surface area is 147 Å². The number of halogens is 2. The Morgan fingerprint density at radius 2 is 1.96 bits per heavy atom. The van der Waals surface area contributed by atoms with E-state index in [1.54, 1.807) is 25.1 Å². The molecular weight excluding hydrogens is 337 g/mol. The van der Waals surface area contributed by atoms with Crippen molar-refractivity contribution >= 4 is 29.1 Å². The zero-order chi connectivity index (χ0) is 16.7. The Bertz CT molecular complexity index is 502. The van der Waals surface area contributed by atoms with Crippen molar-refractivity contribution in [3.8, 4) is 5.75 Å². The Balaban J connectivity index is 1.68. The molecule has 5 nitrogen and oxygen atoms in total. The maximum atomic E-state index is 12.0. The van der Waals surface area contributed by atoms with Crippen molar-refractivity contribution in [3.05, 3.63) is 28.2 Å². The standard InChI is InChI=1S/C16H23Cl2N3O2/c1-12(23-15-10-13(17)9-14(18)11-15)16(22)20-3-2-6-21-7-4-19-5-8-21/h9-12,19H,2-8H2,1H3,(H,20,22). The molecule has 1 atom stereocenters. The van der Waals surface area contributed by atoms with E-state index in [4.69, 9.17) is 27.9 Å². The van der Waals surface area contributed by atoms with E-state index >= 15 is 0 Å².